The lowest BCUT2D eigenvalue weighted by Gasteiger charge is -2.37. The van der Waals surface area contributed by atoms with Crippen molar-refractivity contribution < 1.29 is 22.9 Å². The Bertz CT molecular complexity index is 1120. The van der Waals surface area contributed by atoms with Crippen molar-refractivity contribution in [1.82, 2.24) is 9.80 Å². The summed E-state index contributed by atoms with van der Waals surface area (Å²) >= 11 is 5.97. The third-order valence-electron chi connectivity index (χ3n) is 6.89. The van der Waals surface area contributed by atoms with Gasteiger partial charge in [-0.15, -0.1) is 0 Å². The van der Waals surface area contributed by atoms with Gasteiger partial charge in [-0.25, -0.2) is 0 Å². The van der Waals surface area contributed by atoms with Crippen molar-refractivity contribution in [3.05, 3.63) is 63.2 Å². The van der Waals surface area contributed by atoms with Crippen LogP contribution in [0.1, 0.15) is 26.3 Å². The number of anilines is 2. The standard InChI is InChI=1S/C25H29ClF3N5O3.CH4/c1-17(15-31-10-12-32(13-11-31)21-5-2-18(26)3-6-21)24(35)33-9-8-20(16-33)30-19-4-7-23(34(36)37)22(14-19)25(27,28)29;/h2-7,14,17,20,30H,8-13,15-16H2,1H3;1H4/t17?,20-;/m1./s1. The highest BCUT2D eigenvalue weighted by Gasteiger charge is 2.39. The van der Waals surface area contributed by atoms with Gasteiger partial charge >= 0.3 is 6.18 Å². The molecule has 208 valence electrons. The smallest absolute Gasteiger partial charge is 0.380 e. The quantitative estimate of drug-likeness (QED) is 0.365. The molecule has 2 aromatic rings. The number of alkyl halides is 3. The number of amides is 1. The number of nitrogens with one attached hydrogen (secondary N) is 1. The minimum atomic E-state index is -4.84. The molecule has 2 aliphatic rings. The van der Waals surface area contributed by atoms with E-state index in [-0.39, 0.29) is 31.0 Å². The van der Waals surface area contributed by atoms with Gasteiger partial charge in [-0.05, 0) is 42.8 Å². The third kappa shape index (κ3) is 7.08. The van der Waals surface area contributed by atoms with Gasteiger partial charge < -0.3 is 15.1 Å². The van der Waals surface area contributed by atoms with Crippen LogP contribution in [0.25, 0.3) is 0 Å². The molecule has 2 saturated heterocycles. The van der Waals surface area contributed by atoms with Crippen LogP contribution in [0.2, 0.25) is 5.02 Å². The Balaban J connectivity index is 0.00000400. The van der Waals surface area contributed by atoms with Gasteiger partial charge in [0.1, 0.15) is 5.56 Å². The summed E-state index contributed by atoms with van der Waals surface area (Å²) in [6.45, 7) is 6.80. The SMILES string of the molecule is C.CC(CN1CCN(c2ccc(Cl)cc2)CC1)C(=O)N1CC[C@@H](Nc2ccc([N+](=O)[O-])c(C(F)(F)F)c2)C1. The molecule has 1 N–H and O–H groups in total. The molecule has 1 unspecified atom stereocenters. The molecular formula is C26H33ClF3N5O3. The number of carbonyl (C=O) groups is 1. The van der Waals surface area contributed by atoms with Crippen LogP contribution in [0.4, 0.5) is 30.2 Å². The predicted molar refractivity (Wildman–Crippen MR) is 143 cm³/mol. The zero-order valence-corrected chi connectivity index (χ0v) is 21.1. The Morgan fingerprint density at radius 2 is 1.79 bits per heavy atom. The third-order valence-corrected chi connectivity index (χ3v) is 7.14. The van der Waals surface area contributed by atoms with Gasteiger partial charge in [-0.1, -0.05) is 26.0 Å². The van der Waals surface area contributed by atoms with Crippen LogP contribution in [0.5, 0.6) is 0 Å². The van der Waals surface area contributed by atoms with Gasteiger partial charge in [0, 0.05) is 80.2 Å². The molecule has 12 heteroatoms. The van der Waals surface area contributed by atoms with E-state index < -0.39 is 22.4 Å². The number of halogens is 4. The summed E-state index contributed by atoms with van der Waals surface area (Å²) < 4.78 is 39.8. The fraction of sp³-hybridized carbons (Fsp3) is 0.500. The number of hydrogen-bond acceptors (Lipinski definition) is 6. The molecule has 2 aromatic carbocycles. The second-order valence-electron chi connectivity index (χ2n) is 9.57. The van der Waals surface area contributed by atoms with Crippen LogP contribution < -0.4 is 10.2 Å². The number of carbonyl (C=O) groups excluding carboxylic acids is 1. The lowest BCUT2D eigenvalue weighted by atomic mass is 10.1. The normalized spacial score (nSPS) is 19.1. The van der Waals surface area contributed by atoms with E-state index in [1.165, 1.54) is 6.07 Å². The molecule has 38 heavy (non-hydrogen) atoms. The van der Waals surface area contributed by atoms with Crippen LogP contribution in [-0.4, -0.2) is 72.5 Å². The van der Waals surface area contributed by atoms with Crippen molar-refractivity contribution >= 4 is 34.6 Å². The largest absolute Gasteiger partial charge is 0.423 e. The van der Waals surface area contributed by atoms with Crippen molar-refractivity contribution in [1.29, 1.82) is 0 Å². The van der Waals surface area contributed by atoms with Gasteiger partial charge in [0.15, 0.2) is 0 Å². The minimum absolute atomic E-state index is 0. The molecule has 0 saturated carbocycles. The maximum absolute atomic E-state index is 13.3. The van der Waals surface area contributed by atoms with Crippen LogP contribution >= 0.6 is 11.6 Å². The monoisotopic (exact) mass is 555 g/mol. The number of nitrogens with zero attached hydrogens (tertiary/aromatic N) is 4. The highest BCUT2D eigenvalue weighted by Crippen LogP contribution is 2.38. The molecule has 0 aromatic heterocycles. The predicted octanol–water partition coefficient (Wildman–Crippen LogP) is 5.37. The van der Waals surface area contributed by atoms with Crippen molar-refractivity contribution in [2.75, 3.05) is 56.0 Å². The number of piperazine rings is 1. The highest BCUT2D eigenvalue weighted by atomic mass is 35.5. The number of nitro groups is 1. The summed E-state index contributed by atoms with van der Waals surface area (Å²) in [5, 5.41) is 14.7. The number of likely N-dealkylation sites (tertiary alicyclic amines) is 1. The molecule has 2 heterocycles. The van der Waals surface area contributed by atoms with Gasteiger partial charge in [-0.2, -0.15) is 13.2 Å². The lowest BCUT2D eigenvalue weighted by Crippen LogP contribution is -2.49. The Morgan fingerprint density at radius 1 is 1.13 bits per heavy atom. The second-order valence-corrected chi connectivity index (χ2v) is 10.0. The molecule has 0 aliphatic carbocycles. The van der Waals surface area contributed by atoms with E-state index in [2.05, 4.69) is 15.1 Å². The van der Waals surface area contributed by atoms with E-state index in [1.807, 2.05) is 31.2 Å². The van der Waals surface area contributed by atoms with E-state index in [1.54, 1.807) is 4.90 Å². The second kappa shape index (κ2) is 12.2. The zero-order chi connectivity index (χ0) is 26.7. The molecular weight excluding hydrogens is 523 g/mol. The average molecular weight is 556 g/mol. The molecule has 8 nitrogen and oxygen atoms in total. The van der Waals surface area contributed by atoms with Crippen LogP contribution in [-0.2, 0) is 11.0 Å². The maximum atomic E-state index is 13.3. The Morgan fingerprint density at radius 3 is 2.39 bits per heavy atom. The molecule has 0 radical (unpaired) electrons. The number of hydrogen-bond donors (Lipinski definition) is 1. The molecule has 1 amide bonds. The zero-order valence-electron chi connectivity index (χ0n) is 20.4. The fourth-order valence-electron chi connectivity index (χ4n) is 4.94. The molecule has 2 fully saturated rings. The molecule has 2 aliphatic heterocycles. The first kappa shape index (κ1) is 29.5. The van der Waals surface area contributed by atoms with Gasteiger partial charge in [0.25, 0.3) is 5.69 Å². The summed E-state index contributed by atoms with van der Waals surface area (Å²) in [6.07, 6.45) is -4.26. The van der Waals surface area contributed by atoms with Crippen molar-refractivity contribution in [2.45, 2.75) is 33.0 Å². The van der Waals surface area contributed by atoms with Crippen molar-refractivity contribution in [3.8, 4) is 0 Å². The first-order valence-corrected chi connectivity index (χ1v) is 12.5. The maximum Gasteiger partial charge on any atom is 0.423 e. The summed E-state index contributed by atoms with van der Waals surface area (Å²) in [5.41, 5.74) is -1.01. The van der Waals surface area contributed by atoms with Crippen LogP contribution in [0.3, 0.4) is 0 Å². The minimum Gasteiger partial charge on any atom is -0.380 e. The van der Waals surface area contributed by atoms with Crippen molar-refractivity contribution in [2.24, 2.45) is 5.92 Å². The summed E-state index contributed by atoms with van der Waals surface area (Å²) in [7, 11) is 0. The van der Waals surface area contributed by atoms with Crippen LogP contribution in [0, 0.1) is 16.0 Å². The molecule has 0 spiro atoms. The average Bonchev–Trinajstić information content (AvgIpc) is 3.32. The molecule has 2 atom stereocenters. The Hall–Kier alpha value is -3.05. The van der Waals surface area contributed by atoms with E-state index in [0.717, 1.165) is 44.0 Å². The van der Waals surface area contributed by atoms with Crippen molar-refractivity contribution in [3.63, 3.8) is 0 Å². The fourth-order valence-corrected chi connectivity index (χ4v) is 5.07. The summed E-state index contributed by atoms with van der Waals surface area (Å²) in [4.78, 5) is 29.3. The van der Waals surface area contributed by atoms with E-state index in [0.29, 0.717) is 31.1 Å². The Labute approximate surface area is 225 Å². The highest BCUT2D eigenvalue weighted by molar-refractivity contribution is 6.30. The summed E-state index contributed by atoms with van der Waals surface area (Å²) in [6, 6.07) is 10.4. The lowest BCUT2D eigenvalue weighted by molar-refractivity contribution is -0.388. The first-order valence-electron chi connectivity index (χ1n) is 12.1. The van der Waals surface area contributed by atoms with Gasteiger partial charge in [-0.3, -0.25) is 19.8 Å². The van der Waals surface area contributed by atoms with E-state index >= 15 is 0 Å². The molecule has 4 rings (SSSR count). The van der Waals surface area contributed by atoms with Crippen LogP contribution in [0.15, 0.2) is 42.5 Å². The van der Waals surface area contributed by atoms with Gasteiger partial charge in [0.2, 0.25) is 5.91 Å². The molecule has 0 bridgehead atoms. The van der Waals surface area contributed by atoms with E-state index in [4.69, 9.17) is 11.6 Å². The number of rotatable bonds is 7. The number of nitro benzene ring substituents is 1. The van der Waals surface area contributed by atoms with Gasteiger partial charge in [0.05, 0.1) is 4.92 Å². The number of benzene rings is 2. The van der Waals surface area contributed by atoms with E-state index in [9.17, 15) is 28.1 Å². The Kier molecular flexibility index (Phi) is 9.48. The first-order chi connectivity index (χ1) is 17.5. The summed E-state index contributed by atoms with van der Waals surface area (Å²) in [5.74, 6) is -0.193. The topological polar surface area (TPSA) is 82.0 Å².